The third-order valence-electron chi connectivity index (χ3n) is 2.56. The number of hydrogen-bond acceptors (Lipinski definition) is 4. The average Bonchev–Trinajstić information content (AvgIpc) is 2.49. The standard InChI is InChI=1S/C15H15N3O3/c1-2-21-14(19)13-12(9-6-10-16-13)18-15(20)17-11-7-4-3-5-8-11/h3-10H,2H2,1H3,(H2,17,18,20). The third-order valence-corrected chi connectivity index (χ3v) is 2.56. The van der Waals surface area contributed by atoms with Crippen molar-refractivity contribution in [2.75, 3.05) is 17.2 Å². The van der Waals surface area contributed by atoms with Crippen molar-refractivity contribution in [3.63, 3.8) is 0 Å². The first-order chi connectivity index (χ1) is 10.2. The highest BCUT2D eigenvalue weighted by atomic mass is 16.5. The smallest absolute Gasteiger partial charge is 0.359 e. The lowest BCUT2D eigenvalue weighted by Crippen LogP contribution is -2.21. The molecule has 0 saturated carbocycles. The van der Waals surface area contributed by atoms with Gasteiger partial charge in [-0.1, -0.05) is 18.2 Å². The number of carbonyl (C=O) groups is 2. The molecule has 21 heavy (non-hydrogen) atoms. The fourth-order valence-electron chi connectivity index (χ4n) is 1.67. The molecule has 2 N–H and O–H groups in total. The molecule has 108 valence electrons. The number of nitrogens with one attached hydrogen (secondary N) is 2. The summed E-state index contributed by atoms with van der Waals surface area (Å²) >= 11 is 0. The molecule has 2 amide bonds. The van der Waals surface area contributed by atoms with Crippen LogP contribution in [-0.2, 0) is 4.74 Å². The van der Waals surface area contributed by atoms with E-state index in [0.717, 1.165) is 0 Å². The Labute approximate surface area is 122 Å². The summed E-state index contributed by atoms with van der Waals surface area (Å²) < 4.78 is 4.90. The van der Waals surface area contributed by atoms with Crippen LogP contribution in [0.15, 0.2) is 48.7 Å². The zero-order valence-corrected chi connectivity index (χ0v) is 11.5. The maximum Gasteiger partial charge on any atom is 0.359 e. The molecule has 1 aromatic heterocycles. The van der Waals surface area contributed by atoms with Crippen molar-refractivity contribution in [2.24, 2.45) is 0 Å². The number of rotatable bonds is 4. The van der Waals surface area contributed by atoms with E-state index < -0.39 is 12.0 Å². The quantitative estimate of drug-likeness (QED) is 0.846. The molecule has 0 bridgehead atoms. The van der Waals surface area contributed by atoms with Gasteiger partial charge in [0.25, 0.3) is 0 Å². The second-order valence-electron chi connectivity index (χ2n) is 4.07. The highest BCUT2D eigenvalue weighted by molar-refractivity contribution is 6.04. The van der Waals surface area contributed by atoms with Crippen LogP contribution in [0.5, 0.6) is 0 Å². The molecule has 6 heteroatoms. The van der Waals surface area contributed by atoms with Crippen molar-refractivity contribution < 1.29 is 14.3 Å². The van der Waals surface area contributed by atoms with Gasteiger partial charge in [-0.05, 0) is 31.2 Å². The first-order valence-electron chi connectivity index (χ1n) is 6.46. The summed E-state index contributed by atoms with van der Waals surface area (Å²) in [5.74, 6) is -0.576. The van der Waals surface area contributed by atoms with E-state index >= 15 is 0 Å². The van der Waals surface area contributed by atoms with Crippen molar-refractivity contribution in [3.05, 3.63) is 54.4 Å². The minimum Gasteiger partial charge on any atom is -0.461 e. The van der Waals surface area contributed by atoms with E-state index in [1.807, 2.05) is 18.2 Å². The van der Waals surface area contributed by atoms with Crippen LogP contribution in [0.1, 0.15) is 17.4 Å². The number of para-hydroxylation sites is 1. The van der Waals surface area contributed by atoms with Crippen LogP contribution >= 0.6 is 0 Å². The van der Waals surface area contributed by atoms with Crippen molar-refractivity contribution in [3.8, 4) is 0 Å². The molecule has 6 nitrogen and oxygen atoms in total. The molecule has 0 aliphatic carbocycles. The number of anilines is 2. The molecule has 0 fully saturated rings. The SMILES string of the molecule is CCOC(=O)c1ncccc1NC(=O)Nc1ccccc1. The summed E-state index contributed by atoms with van der Waals surface area (Å²) in [5, 5.41) is 5.24. The summed E-state index contributed by atoms with van der Waals surface area (Å²) in [6.45, 7) is 1.95. The number of urea groups is 1. The number of benzene rings is 1. The molecular formula is C15H15N3O3. The van der Waals surface area contributed by atoms with Crippen molar-refractivity contribution in [2.45, 2.75) is 6.92 Å². The molecule has 0 atom stereocenters. The van der Waals surface area contributed by atoms with Gasteiger partial charge in [-0.25, -0.2) is 14.6 Å². The Morgan fingerprint density at radius 3 is 2.57 bits per heavy atom. The van der Waals surface area contributed by atoms with Crippen LogP contribution in [0.2, 0.25) is 0 Å². The maximum absolute atomic E-state index is 11.9. The number of aromatic nitrogens is 1. The largest absolute Gasteiger partial charge is 0.461 e. The van der Waals surface area contributed by atoms with Gasteiger partial charge in [0.05, 0.1) is 12.3 Å². The number of amides is 2. The lowest BCUT2D eigenvalue weighted by atomic mass is 10.3. The Kier molecular flexibility index (Phi) is 4.87. The number of esters is 1. The summed E-state index contributed by atoms with van der Waals surface area (Å²) in [6.07, 6.45) is 1.46. The second-order valence-corrected chi connectivity index (χ2v) is 4.07. The highest BCUT2D eigenvalue weighted by Crippen LogP contribution is 2.14. The van der Waals surface area contributed by atoms with E-state index in [1.165, 1.54) is 6.20 Å². The van der Waals surface area contributed by atoms with Gasteiger partial charge in [0.15, 0.2) is 5.69 Å². The van der Waals surface area contributed by atoms with E-state index in [4.69, 9.17) is 4.74 Å². The van der Waals surface area contributed by atoms with Crippen LogP contribution in [0, 0.1) is 0 Å². The van der Waals surface area contributed by atoms with Crippen LogP contribution in [0.4, 0.5) is 16.2 Å². The number of pyridine rings is 1. The van der Waals surface area contributed by atoms with E-state index in [9.17, 15) is 9.59 Å². The zero-order valence-electron chi connectivity index (χ0n) is 11.5. The fraction of sp³-hybridized carbons (Fsp3) is 0.133. The lowest BCUT2D eigenvalue weighted by Gasteiger charge is -2.10. The second kappa shape index (κ2) is 7.04. The van der Waals surface area contributed by atoms with Crippen molar-refractivity contribution in [1.29, 1.82) is 0 Å². The monoisotopic (exact) mass is 285 g/mol. The highest BCUT2D eigenvalue weighted by Gasteiger charge is 2.15. The van der Waals surface area contributed by atoms with Crippen LogP contribution < -0.4 is 10.6 Å². The molecule has 2 rings (SSSR count). The van der Waals surface area contributed by atoms with Gasteiger partial charge >= 0.3 is 12.0 Å². The first-order valence-corrected chi connectivity index (χ1v) is 6.46. The van der Waals surface area contributed by atoms with Gasteiger partial charge in [-0.2, -0.15) is 0 Å². The summed E-state index contributed by atoms with van der Waals surface area (Å²) in [4.78, 5) is 27.6. The summed E-state index contributed by atoms with van der Waals surface area (Å²) in [6, 6.07) is 11.7. The lowest BCUT2D eigenvalue weighted by molar-refractivity contribution is 0.0521. The summed E-state index contributed by atoms with van der Waals surface area (Å²) in [7, 11) is 0. The van der Waals surface area contributed by atoms with E-state index in [0.29, 0.717) is 11.4 Å². The minimum absolute atomic E-state index is 0.0718. The molecule has 0 aliphatic heterocycles. The molecule has 1 heterocycles. The van der Waals surface area contributed by atoms with Crippen LogP contribution in [0.25, 0.3) is 0 Å². The number of hydrogen-bond donors (Lipinski definition) is 2. The Balaban J connectivity index is 2.09. The fourth-order valence-corrected chi connectivity index (χ4v) is 1.67. The van der Waals surface area contributed by atoms with Crippen molar-refractivity contribution in [1.82, 2.24) is 4.98 Å². The number of carbonyl (C=O) groups excluding carboxylic acids is 2. The Morgan fingerprint density at radius 2 is 1.86 bits per heavy atom. The number of ether oxygens (including phenoxy) is 1. The molecule has 0 radical (unpaired) electrons. The minimum atomic E-state index is -0.576. The van der Waals surface area contributed by atoms with E-state index in [2.05, 4.69) is 15.6 Å². The van der Waals surface area contributed by atoms with Gasteiger partial charge in [0.1, 0.15) is 0 Å². The van der Waals surface area contributed by atoms with Crippen LogP contribution in [-0.4, -0.2) is 23.6 Å². The number of nitrogens with zero attached hydrogens (tertiary/aromatic N) is 1. The zero-order chi connectivity index (χ0) is 15.1. The molecule has 1 aromatic carbocycles. The predicted octanol–water partition coefficient (Wildman–Crippen LogP) is 2.90. The average molecular weight is 285 g/mol. The Hall–Kier alpha value is -2.89. The maximum atomic E-state index is 11.9. The van der Waals surface area contributed by atoms with Gasteiger partial charge in [-0.3, -0.25) is 0 Å². The van der Waals surface area contributed by atoms with E-state index in [1.54, 1.807) is 31.2 Å². The van der Waals surface area contributed by atoms with Gasteiger partial charge < -0.3 is 15.4 Å². The molecular weight excluding hydrogens is 270 g/mol. The summed E-state index contributed by atoms with van der Waals surface area (Å²) in [5.41, 5.74) is 1.02. The van der Waals surface area contributed by atoms with Crippen molar-refractivity contribution >= 4 is 23.4 Å². The molecule has 2 aromatic rings. The third kappa shape index (κ3) is 4.04. The van der Waals surface area contributed by atoms with Gasteiger partial charge in [0.2, 0.25) is 0 Å². The first kappa shape index (κ1) is 14.5. The molecule has 0 unspecified atom stereocenters. The normalized spacial score (nSPS) is 9.76. The Bertz CT molecular complexity index is 629. The Morgan fingerprint density at radius 1 is 1.10 bits per heavy atom. The van der Waals surface area contributed by atoms with Gasteiger partial charge in [0, 0.05) is 11.9 Å². The molecule has 0 aliphatic rings. The molecule has 0 spiro atoms. The molecule has 0 saturated heterocycles. The van der Waals surface area contributed by atoms with Gasteiger partial charge in [-0.15, -0.1) is 0 Å². The topological polar surface area (TPSA) is 80.3 Å². The predicted molar refractivity (Wildman–Crippen MR) is 79.3 cm³/mol. The van der Waals surface area contributed by atoms with E-state index in [-0.39, 0.29) is 12.3 Å². The van der Waals surface area contributed by atoms with Crippen LogP contribution in [0.3, 0.4) is 0 Å².